The molecule has 1 N–H and O–H groups in total. The summed E-state index contributed by atoms with van der Waals surface area (Å²) in [4.78, 5) is 26.2. The third-order valence-electron chi connectivity index (χ3n) is 5.29. The predicted molar refractivity (Wildman–Crippen MR) is 127 cm³/mol. The van der Waals surface area contributed by atoms with Crippen molar-refractivity contribution in [3.63, 3.8) is 0 Å². The summed E-state index contributed by atoms with van der Waals surface area (Å²) in [7, 11) is 3.16. The average Bonchev–Trinajstić information content (AvgIpc) is 3.16. The van der Waals surface area contributed by atoms with Crippen LogP contribution in [0.3, 0.4) is 0 Å². The highest BCUT2D eigenvalue weighted by Gasteiger charge is 2.31. The van der Waals surface area contributed by atoms with Crippen molar-refractivity contribution in [1.82, 2.24) is 14.8 Å². The quantitative estimate of drug-likeness (QED) is 0.259. The Hall–Kier alpha value is -3.65. The number of aromatic nitrogens is 1. The maximum Gasteiger partial charge on any atom is 0.265 e. The number of nitrogens with one attached hydrogen (secondary N) is 1. The largest absolute Gasteiger partial charge is 0.493 e. The summed E-state index contributed by atoms with van der Waals surface area (Å²) in [5, 5.41) is 3.61. The zero-order chi connectivity index (χ0) is 22.7. The standard InChI is InChI=1S/C24H23N3O4S/c1-26-23(29)18(22(28)25-24(26)32)14-16-15-27(19-9-4-3-8-17(16)19)12-7-13-31-21-11-6-5-10-20(21)30-2/h3-6,8-11,14-15H,7,12-13H2,1-2H3,(H,25,28,32)/b18-14-. The molecular weight excluding hydrogens is 426 g/mol. The van der Waals surface area contributed by atoms with E-state index in [2.05, 4.69) is 9.88 Å². The zero-order valence-electron chi connectivity index (χ0n) is 17.8. The number of rotatable bonds is 7. The summed E-state index contributed by atoms with van der Waals surface area (Å²) in [6.45, 7) is 1.23. The van der Waals surface area contributed by atoms with E-state index in [4.69, 9.17) is 21.7 Å². The van der Waals surface area contributed by atoms with Crippen LogP contribution in [0.2, 0.25) is 0 Å². The molecule has 0 spiro atoms. The van der Waals surface area contributed by atoms with Crippen LogP contribution >= 0.6 is 12.2 Å². The van der Waals surface area contributed by atoms with Gasteiger partial charge < -0.3 is 14.0 Å². The maximum absolute atomic E-state index is 12.6. The number of fused-ring (bicyclic) bond motifs is 1. The molecule has 2 amide bonds. The number of thiocarbonyl (C=S) groups is 1. The van der Waals surface area contributed by atoms with E-state index in [-0.39, 0.29) is 10.7 Å². The molecule has 0 aliphatic carbocycles. The number of ether oxygens (including phenoxy) is 2. The number of nitrogens with zero attached hydrogens (tertiary/aromatic N) is 2. The zero-order valence-corrected chi connectivity index (χ0v) is 18.6. The third-order valence-corrected chi connectivity index (χ3v) is 5.67. The van der Waals surface area contributed by atoms with Gasteiger partial charge >= 0.3 is 0 Å². The van der Waals surface area contributed by atoms with Crippen LogP contribution < -0.4 is 14.8 Å². The molecule has 0 bridgehead atoms. The first kappa shape index (κ1) is 21.6. The minimum atomic E-state index is -0.486. The van der Waals surface area contributed by atoms with Crippen LogP contribution in [0.5, 0.6) is 11.5 Å². The number of hydrogen-bond donors (Lipinski definition) is 1. The van der Waals surface area contributed by atoms with Crippen molar-refractivity contribution < 1.29 is 19.1 Å². The molecule has 0 atom stereocenters. The van der Waals surface area contributed by atoms with Crippen LogP contribution in [0.4, 0.5) is 0 Å². The van der Waals surface area contributed by atoms with Crippen molar-refractivity contribution in [1.29, 1.82) is 0 Å². The van der Waals surface area contributed by atoms with Gasteiger partial charge in [0.05, 0.1) is 13.7 Å². The fourth-order valence-corrected chi connectivity index (χ4v) is 3.81. The van der Waals surface area contributed by atoms with E-state index in [1.807, 2.05) is 54.7 Å². The van der Waals surface area contributed by atoms with Crippen molar-refractivity contribution in [2.75, 3.05) is 20.8 Å². The smallest absolute Gasteiger partial charge is 0.265 e. The van der Waals surface area contributed by atoms with Gasteiger partial charge in [0.1, 0.15) is 5.57 Å². The van der Waals surface area contributed by atoms with E-state index in [0.29, 0.717) is 24.7 Å². The number of carbonyl (C=O) groups excluding carboxylic acids is 2. The summed E-state index contributed by atoms with van der Waals surface area (Å²) in [6.07, 6.45) is 4.34. The fourth-order valence-electron chi connectivity index (χ4n) is 3.63. The van der Waals surface area contributed by atoms with Gasteiger partial charge in [-0.2, -0.15) is 0 Å². The third kappa shape index (κ3) is 4.22. The number of hydrogen-bond acceptors (Lipinski definition) is 5. The van der Waals surface area contributed by atoms with Gasteiger partial charge in [-0.3, -0.25) is 19.8 Å². The van der Waals surface area contributed by atoms with Crippen LogP contribution in [-0.2, 0) is 16.1 Å². The van der Waals surface area contributed by atoms with Crippen LogP contribution in [0.25, 0.3) is 17.0 Å². The minimum absolute atomic E-state index is 0.0588. The first-order valence-electron chi connectivity index (χ1n) is 10.2. The van der Waals surface area contributed by atoms with Crippen molar-refractivity contribution in [2.24, 2.45) is 0 Å². The first-order valence-corrected chi connectivity index (χ1v) is 10.6. The SMILES string of the molecule is COc1ccccc1OCCCn1cc(/C=C2/C(=O)NC(=S)N(C)C2=O)c2ccccc21. The lowest BCUT2D eigenvalue weighted by molar-refractivity contribution is -0.128. The van der Waals surface area contributed by atoms with E-state index in [9.17, 15) is 9.59 Å². The Balaban J connectivity index is 1.54. The molecule has 0 radical (unpaired) electrons. The molecule has 3 aromatic rings. The highest BCUT2D eigenvalue weighted by atomic mass is 32.1. The number of aryl methyl sites for hydroxylation is 1. The van der Waals surface area contributed by atoms with Crippen molar-refractivity contribution in [3.8, 4) is 11.5 Å². The van der Waals surface area contributed by atoms with Crippen molar-refractivity contribution in [3.05, 3.63) is 65.9 Å². The van der Waals surface area contributed by atoms with E-state index in [0.717, 1.165) is 22.9 Å². The predicted octanol–water partition coefficient (Wildman–Crippen LogP) is 3.38. The molecule has 32 heavy (non-hydrogen) atoms. The molecule has 0 saturated carbocycles. The highest BCUT2D eigenvalue weighted by Crippen LogP contribution is 2.27. The van der Waals surface area contributed by atoms with Gasteiger partial charge in [0.25, 0.3) is 11.8 Å². The number of likely N-dealkylation sites (N-methyl/N-ethyl adjacent to an activating group) is 1. The second kappa shape index (κ2) is 9.23. The second-order valence-corrected chi connectivity index (χ2v) is 7.72. The normalized spacial score (nSPS) is 15.4. The Kier molecular flexibility index (Phi) is 6.23. The summed E-state index contributed by atoms with van der Waals surface area (Å²) in [5.74, 6) is 0.510. The van der Waals surface area contributed by atoms with Gasteiger partial charge in [0.15, 0.2) is 16.6 Å². The van der Waals surface area contributed by atoms with E-state index >= 15 is 0 Å². The molecule has 1 aliphatic rings. The van der Waals surface area contributed by atoms with Gasteiger partial charge in [-0.25, -0.2) is 0 Å². The number of carbonyl (C=O) groups is 2. The van der Waals surface area contributed by atoms with E-state index in [1.54, 1.807) is 20.2 Å². The summed E-state index contributed by atoms with van der Waals surface area (Å²) >= 11 is 5.01. The lowest BCUT2D eigenvalue weighted by atomic mass is 10.1. The van der Waals surface area contributed by atoms with Crippen LogP contribution in [-0.4, -0.2) is 47.2 Å². The van der Waals surface area contributed by atoms with Gasteiger partial charge in [0.2, 0.25) is 0 Å². The monoisotopic (exact) mass is 449 g/mol. The lowest BCUT2D eigenvalue weighted by Crippen LogP contribution is -2.52. The van der Waals surface area contributed by atoms with Crippen LogP contribution in [0.1, 0.15) is 12.0 Å². The minimum Gasteiger partial charge on any atom is -0.493 e. The fraction of sp³-hybridized carbons (Fsp3) is 0.208. The summed E-state index contributed by atoms with van der Waals surface area (Å²) in [5.41, 5.74) is 1.87. The molecule has 7 nitrogen and oxygen atoms in total. The lowest BCUT2D eigenvalue weighted by Gasteiger charge is -2.24. The average molecular weight is 450 g/mol. The number of amides is 2. The Morgan fingerprint density at radius 2 is 1.78 bits per heavy atom. The molecule has 1 fully saturated rings. The van der Waals surface area contributed by atoms with Crippen molar-refractivity contribution >= 4 is 46.1 Å². The van der Waals surface area contributed by atoms with Gasteiger partial charge in [-0.1, -0.05) is 30.3 Å². The van der Waals surface area contributed by atoms with Crippen LogP contribution in [0.15, 0.2) is 60.3 Å². The maximum atomic E-state index is 12.6. The summed E-state index contributed by atoms with van der Waals surface area (Å²) in [6, 6.07) is 15.4. The topological polar surface area (TPSA) is 72.8 Å². The van der Waals surface area contributed by atoms with Gasteiger partial charge in [0, 0.05) is 36.3 Å². The molecule has 2 aromatic carbocycles. The molecule has 1 aliphatic heterocycles. The Morgan fingerprint density at radius 1 is 1.06 bits per heavy atom. The van der Waals surface area contributed by atoms with E-state index in [1.165, 1.54) is 4.90 Å². The highest BCUT2D eigenvalue weighted by molar-refractivity contribution is 7.80. The van der Waals surface area contributed by atoms with Crippen LogP contribution in [0, 0.1) is 0 Å². The van der Waals surface area contributed by atoms with E-state index < -0.39 is 11.8 Å². The molecule has 1 saturated heterocycles. The molecule has 8 heteroatoms. The van der Waals surface area contributed by atoms with Gasteiger partial charge in [-0.05, 0) is 42.9 Å². The molecule has 1 aromatic heterocycles. The molecular formula is C24H23N3O4S. The number of benzene rings is 2. The summed E-state index contributed by atoms with van der Waals surface area (Å²) < 4.78 is 13.3. The molecule has 164 valence electrons. The number of methoxy groups -OCH3 is 1. The first-order chi connectivity index (χ1) is 15.5. The van der Waals surface area contributed by atoms with Crippen molar-refractivity contribution in [2.45, 2.75) is 13.0 Å². The Bertz CT molecular complexity index is 1230. The second-order valence-electron chi connectivity index (χ2n) is 7.33. The van der Waals surface area contributed by atoms with Gasteiger partial charge in [-0.15, -0.1) is 0 Å². The molecule has 4 rings (SSSR count). The Labute approximate surface area is 191 Å². The Morgan fingerprint density at radius 3 is 2.56 bits per heavy atom. The molecule has 2 heterocycles. The number of para-hydroxylation sites is 3. The molecule has 0 unspecified atom stereocenters.